The molecule has 2 aromatic carbocycles. The molecule has 1 atom stereocenters. The number of methoxy groups -OCH3 is 1. The van der Waals surface area contributed by atoms with E-state index in [0.29, 0.717) is 35.8 Å². The number of aromatic nitrogens is 2. The molecule has 2 amide bonds. The van der Waals surface area contributed by atoms with E-state index in [1.807, 2.05) is 32.9 Å². The topological polar surface area (TPSA) is 118 Å². The highest BCUT2D eigenvalue weighted by molar-refractivity contribution is 6.06. The molecule has 1 saturated heterocycles. The second-order valence-corrected chi connectivity index (χ2v) is 13.1. The molecule has 0 radical (unpaired) electrons. The Morgan fingerprint density at radius 3 is 2.63 bits per heavy atom. The maximum absolute atomic E-state index is 14.0. The molecule has 0 saturated carbocycles. The van der Waals surface area contributed by atoms with Gasteiger partial charge in [0.2, 0.25) is 11.9 Å². The van der Waals surface area contributed by atoms with Gasteiger partial charge in [0.05, 0.1) is 18.2 Å². The molecule has 13 heteroatoms. The normalized spacial score (nSPS) is 17.6. The zero-order valence-electron chi connectivity index (χ0n) is 26.8. The van der Waals surface area contributed by atoms with Crippen molar-refractivity contribution >= 4 is 35.1 Å². The Labute approximate surface area is 266 Å². The van der Waals surface area contributed by atoms with Gasteiger partial charge in [-0.2, -0.15) is 18.2 Å². The summed E-state index contributed by atoms with van der Waals surface area (Å²) in [5, 5.41) is 8.65. The van der Waals surface area contributed by atoms with Crippen molar-refractivity contribution in [1.29, 1.82) is 0 Å². The van der Waals surface area contributed by atoms with E-state index in [1.165, 1.54) is 7.11 Å². The van der Waals surface area contributed by atoms with Crippen LogP contribution < -0.4 is 20.7 Å². The molecule has 3 heterocycles. The van der Waals surface area contributed by atoms with Gasteiger partial charge in [-0.3, -0.25) is 4.79 Å². The minimum atomic E-state index is -4.71. The van der Waals surface area contributed by atoms with Crippen LogP contribution in [0.1, 0.15) is 75.6 Å². The molecule has 5 rings (SSSR count). The van der Waals surface area contributed by atoms with Crippen LogP contribution in [0.4, 0.5) is 41.1 Å². The number of likely N-dealkylation sites (tertiary alicyclic amines) is 1. The summed E-state index contributed by atoms with van der Waals surface area (Å²) in [6.07, 6.45) is -2.63. The van der Waals surface area contributed by atoms with Crippen LogP contribution in [0.25, 0.3) is 0 Å². The quantitative estimate of drug-likeness (QED) is 0.248. The molecule has 46 heavy (non-hydrogen) atoms. The minimum absolute atomic E-state index is 0.000810. The van der Waals surface area contributed by atoms with E-state index >= 15 is 0 Å². The summed E-state index contributed by atoms with van der Waals surface area (Å²) in [5.74, 6) is -0.145. The average Bonchev–Trinajstić information content (AvgIpc) is 3.22. The van der Waals surface area contributed by atoms with E-state index in [0.717, 1.165) is 30.2 Å². The number of fused-ring (bicyclic) bond motifs is 1. The Morgan fingerprint density at radius 1 is 1.17 bits per heavy atom. The fourth-order valence-corrected chi connectivity index (χ4v) is 5.87. The van der Waals surface area contributed by atoms with E-state index in [4.69, 9.17) is 9.47 Å². The molecule has 0 spiro atoms. The fraction of sp³-hybridized carbons (Fsp3) is 0.455. The van der Waals surface area contributed by atoms with Crippen molar-refractivity contribution in [2.75, 3.05) is 36.1 Å². The molecule has 1 aromatic heterocycles. The number of carbonyl (C=O) groups excluding carboxylic acids is 2. The monoisotopic (exact) mass is 640 g/mol. The molecule has 2 aliphatic rings. The minimum Gasteiger partial charge on any atom is -0.495 e. The summed E-state index contributed by atoms with van der Waals surface area (Å²) in [6.45, 7) is 10.2. The van der Waals surface area contributed by atoms with Crippen LogP contribution in [0.3, 0.4) is 0 Å². The number of alkyl halides is 3. The maximum Gasteiger partial charge on any atom is 0.421 e. The molecule has 3 N–H and O–H groups in total. The third-order valence-electron chi connectivity index (χ3n) is 8.15. The SMILES string of the molecule is COc1cc(C2CCCN(C(=O)OC(C)(C)C)C2)ccc1Nc1ncc(C(F)(F)F)c(NCc2cccc3c2C(C)(C)C(=O)N3)n1. The Bertz CT molecular complexity index is 1640. The van der Waals surface area contributed by atoms with E-state index < -0.39 is 28.6 Å². The lowest BCUT2D eigenvalue weighted by Crippen LogP contribution is -2.42. The zero-order valence-corrected chi connectivity index (χ0v) is 26.8. The lowest BCUT2D eigenvalue weighted by molar-refractivity contribution is -0.137. The van der Waals surface area contributed by atoms with Gasteiger partial charge in [0.25, 0.3) is 0 Å². The molecule has 1 unspecified atom stereocenters. The van der Waals surface area contributed by atoms with Crippen LogP contribution in [0.2, 0.25) is 0 Å². The van der Waals surface area contributed by atoms with Gasteiger partial charge in [0, 0.05) is 37.4 Å². The lowest BCUT2D eigenvalue weighted by Gasteiger charge is -2.34. The van der Waals surface area contributed by atoms with Crippen molar-refractivity contribution in [3.8, 4) is 5.75 Å². The second-order valence-electron chi connectivity index (χ2n) is 13.1. The number of amides is 2. The number of anilines is 4. The van der Waals surface area contributed by atoms with E-state index in [2.05, 4.69) is 25.9 Å². The highest BCUT2D eigenvalue weighted by Crippen LogP contribution is 2.41. The first-order valence-electron chi connectivity index (χ1n) is 15.1. The predicted octanol–water partition coefficient (Wildman–Crippen LogP) is 7.20. The van der Waals surface area contributed by atoms with E-state index in [1.54, 1.807) is 43.0 Å². The molecule has 0 bridgehead atoms. The van der Waals surface area contributed by atoms with Gasteiger partial charge < -0.3 is 30.3 Å². The molecule has 1 fully saturated rings. The number of ether oxygens (including phenoxy) is 2. The van der Waals surface area contributed by atoms with Gasteiger partial charge in [0.15, 0.2) is 0 Å². The number of rotatable bonds is 7. The molecular weight excluding hydrogens is 601 g/mol. The van der Waals surface area contributed by atoms with Crippen LogP contribution >= 0.6 is 0 Å². The summed E-state index contributed by atoms with van der Waals surface area (Å²) in [7, 11) is 1.50. The van der Waals surface area contributed by atoms with Crippen LogP contribution in [-0.4, -0.2) is 52.7 Å². The first kappa shape index (κ1) is 32.8. The Morgan fingerprint density at radius 2 is 1.93 bits per heavy atom. The Hall–Kier alpha value is -4.55. The smallest absolute Gasteiger partial charge is 0.421 e. The van der Waals surface area contributed by atoms with E-state index in [-0.39, 0.29) is 30.4 Å². The van der Waals surface area contributed by atoms with E-state index in [9.17, 15) is 22.8 Å². The van der Waals surface area contributed by atoms with Crippen LogP contribution in [0.5, 0.6) is 5.75 Å². The number of carbonyl (C=O) groups is 2. The number of hydrogen-bond acceptors (Lipinski definition) is 8. The van der Waals surface area contributed by atoms with Crippen molar-refractivity contribution in [1.82, 2.24) is 14.9 Å². The summed E-state index contributed by atoms with van der Waals surface area (Å²) in [5.41, 5.74) is 1.00. The third-order valence-corrected chi connectivity index (χ3v) is 8.15. The average molecular weight is 641 g/mol. The number of piperidine rings is 1. The number of nitrogens with one attached hydrogen (secondary N) is 3. The number of nitrogens with zero attached hydrogens (tertiary/aromatic N) is 3. The third kappa shape index (κ3) is 6.97. The zero-order chi connectivity index (χ0) is 33.4. The first-order chi connectivity index (χ1) is 21.6. The fourth-order valence-electron chi connectivity index (χ4n) is 5.87. The molecule has 3 aromatic rings. The molecular formula is C33H39F3N6O4. The van der Waals surface area contributed by atoms with Gasteiger partial charge in [-0.15, -0.1) is 0 Å². The summed E-state index contributed by atoms with van der Waals surface area (Å²) < 4.78 is 53.1. The van der Waals surface area contributed by atoms with Crippen LogP contribution in [0.15, 0.2) is 42.6 Å². The highest BCUT2D eigenvalue weighted by Gasteiger charge is 2.40. The molecule has 246 valence electrons. The largest absolute Gasteiger partial charge is 0.495 e. The maximum atomic E-state index is 14.0. The van der Waals surface area contributed by atoms with Gasteiger partial charge in [-0.1, -0.05) is 18.2 Å². The second kappa shape index (κ2) is 12.3. The Kier molecular flexibility index (Phi) is 8.80. The van der Waals surface area contributed by atoms with Crippen molar-refractivity contribution in [3.63, 3.8) is 0 Å². The van der Waals surface area contributed by atoms with Crippen LogP contribution in [-0.2, 0) is 27.7 Å². The summed E-state index contributed by atoms with van der Waals surface area (Å²) in [6, 6.07) is 10.8. The lowest BCUT2D eigenvalue weighted by atomic mass is 9.83. The van der Waals surface area contributed by atoms with Crippen molar-refractivity contribution < 1.29 is 32.2 Å². The predicted molar refractivity (Wildman–Crippen MR) is 169 cm³/mol. The van der Waals surface area contributed by atoms with Gasteiger partial charge in [-0.25, -0.2) is 9.78 Å². The first-order valence-corrected chi connectivity index (χ1v) is 15.1. The standard InChI is InChI=1S/C33H39F3N6O4/c1-31(2,3)46-30(44)42-14-8-10-21(18-42)19-12-13-23(25(15-19)45-6)40-29-38-17-22(33(34,35)36)27(41-29)37-16-20-9-7-11-24-26(20)32(4,5)28(43)39-24/h7,9,11-13,15,17,21H,8,10,14,16,18H2,1-6H3,(H,39,43)(H2,37,38,40,41). The Balaban J connectivity index is 1.36. The van der Waals surface area contributed by atoms with Crippen molar-refractivity contribution in [3.05, 3.63) is 64.8 Å². The molecule has 10 nitrogen and oxygen atoms in total. The number of hydrogen-bond donors (Lipinski definition) is 3. The van der Waals surface area contributed by atoms with Gasteiger partial charge >= 0.3 is 12.3 Å². The summed E-state index contributed by atoms with van der Waals surface area (Å²) >= 11 is 0. The highest BCUT2D eigenvalue weighted by atomic mass is 19.4. The van der Waals surface area contributed by atoms with Crippen molar-refractivity contribution in [2.45, 2.75) is 77.1 Å². The van der Waals surface area contributed by atoms with Crippen molar-refractivity contribution in [2.24, 2.45) is 0 Å². The number of halogens is 3. The number of benzene rings is 2. The van der Waals surface area contributed by atoms with Gasteiger partial charge in [0.1, 0.15) is 22.7 Å². The van der Waals surface area contributed by atoms with Gasteiger partial charge in [-0.05, 0) is 82.3 Å². The molecule has 0 aliphatic carbocycles. The summed E-state index contributed by atoms with van der Waals surface area (Å²) in [4.78, 5) is 35.0. The van der Waals surface area contributed by atoms with Crippen LogP contribution in [0, 0.1) is 0 Å². The molecule has 2 aliphatic heterocycles.